The minimum Gasteiger partial charge on any atom is -0.481 e. The van der Waals surface area contributed by atoms with Crippen molar-refractivity contribution in [1.82, 2.24) is 0 Å². The molecule has 0 aliphatic heterocycles. The van der Waals surface area contributed by atoms with E-state index in [-0.39, 0.29) is 12.8 Å². The average Bonchev–Trinajstić information content (AvgIpc) is 2.33. The number of aliphatic carboxylic acids is 2. The summed E-state index contributed by atoms with van der Waals surface area (Å²) in [6.45, 7) is 0. The summed E-state index contributed by atoms with van der Waals surface area (Å²) in [6.07, 6.45) is 1.07. The average molecular weight is 422 g/mol. The van der Waals surface area contributed by atoms with Crippen LogP contribution in [0, 0.1) is 0 Å². The molecular weight excluding hydrogens is 400 g/mol. The van der Waals surface area contributed by atoms with Crippen molar-refractivity contribution in [1.29, 1.82) is 0 Å². The molecule has 2 unspecified atom stereocenters. The van der Waals surface area contributed by atoms with Gasteiger partial charge in [0, 0.05) is 10.7 Å². The highest BCUT2D eigenvalue weighted by Gasteiger charge is 2.08. The first-order valence-corrected chi connectivity index (χ1v) is 8.49. The van der Waals surface area contributed by atoms with E-state index < -0.39 is 24.1 Å². The SMILES string of the molecule is O=C(O)CC(O)CCCBr.O=C(O)CC(O)CCCBr. The molecule has 0 rings (SSSR count). The number of carboxylic acids is 2. The van der Waals surface area contributed by atoms with Gasteiger partial charge >= 0.3 is 11.9 Å². The Morgan fingerprint density at radius 2 is 1.10 bits per heavy atom. The van der Waals surface area contributed by atoms with Crippen LogP contribution in [0.15, 0.2) is 0 Å². The summed E-state index contributed by atoms with van der Waals surface area (Å²) in [4.78, 5) is 20.0. The van der Waals surface area contributed by atoms with Gasteiger partial charge in [0.15, 0.2) is 0 Å². The van der Waals surface area contributed by atoms with Crippen LogP contribution in [-0.4, -0.2) is 55.2 Å². The number of carbonyl (C=O) groups is 2. The smallest absolute Gasteiger partial charge is 0.305 e. The number of hydrogen-bond donors (Lipinski definition) is 4. The highest BCUT2D eigenvalue weighted by atomic mass is 79.9. The Hall–Kier alpha value is -0.180. The van der Waals surface area contributed by atoms with Gasteiger partial charge in [-0.15, -0.1) is 0 Å². The number of halogens is 2. The molecule has 0 amide bonds. The molecule has 0 aromatic carbocycles. The first-order valence-electron chi connectivity index (χ1n) is 6.25. The lowest BCUT2D eigenvalue weighted by Gasteiger charge is -2.04. The Morgan fingerprint density at radius 3 is 1.30 bits per heavy atom. The van der Waals surface area contributed by atoms with Crippen LogP contribution >= 0.6 is 31.9 Å². The van der Waals surface area contributed by atoms with E-state index in [0.717, 1.165) is 23.5 Å². The monoisotopic (exact) mass is 420 g/mol. The Labute approximate surface area is 135 Å². The zero-order valence-electron chi connectivity index (χ0n) is 11.2. The van der Waals surface area contributed by atoms with Crippen LogP contribution < -0.4 is 0 Å². The van der Waals surface area contributed by atoms with Gasteiger partial charge in [-0.3, -0.25) is 9.59 Å². The lowest BCUT2D eigenvalue weighted by atomic mass is 10.1. The summed E-state index contributed by atoms with van der Waals surface area (Å²) in [5.74, 6) is -1.89. The maximum atomic E-state index is 10.0. The lowest BCUT2D eigenvalue weighted by Crippen LogP contribution is -2.12. The molecule has 0 spiro atoms. The lowest BCUT2D eigenvalue weighted by molar-refractivity contribution is -0.140. The summed E-state index contributed by atoms with van der Waals surface area (Å²) in [5, 5.41) is 35.9. The minimum atomic E-state index is -0.943. The Kier molecular flexibility index (Phi) is 16.8. The quantitative estimate of drug-likeness (QED) is 0.401. The maximum absolute atomic E-state index is 10.0. The van der Waals surface area contributed by atoms with E-state index in [1.807, 2.05) is 0 Å². The standard InChI is InChI=1S/2C6H11BrO3/c2*7-3-1-2-5(8)4-6(9)10/h2*5,8H,1-4H2,(H,9,10). The molecule has 2 atom stereocenters. The zero-order valence-corrected chi connectivity index (χ0v) is 14.3. The molecule has 0 aromatic heterocycles. The molecule has 4 N–H and O–H groups in total. The van der Waals surface area contributed by atoms with Gasteiger partial charge in [-0.1, -0.05) is 31.9 Å². The second-order valence-electron chi connectivity index (χ2n) is 4.17. The topological polar surface area (TPSA) is 115 Å². The first kappa shape index (κ1) is 22.1. The largest absolute Gasteiger partial charge is 0.481 e. The molecule has 0 heterocycles. The third-order valence-corrected chi connectivity index (χ3v) is 3.28. The van der Waals surface area contributed by atoms with Gasteiger partial charge in [-0.2, -0.15) is 0 Å². The highest BCUT2D eigenvalue weighted by molar-refractivity contribution is 9.09. The van der Waals surface area contributed by atoms with E-state index in [1.54, 1.807) is 0 Å². The highest BCUT2D eigenvalue weighted by Crippen LogP contribution is 2.03. The van der Waals surface area contributed by atoms with Gasteiger partial charge in [-0.25, -0.2) is 0 Å². The third-order valence-electron chi connectivity index (χ3n) is 2.16. The molecule has 0 saturated heterocycles. The fourth-order valence-electron chi connectivity index (χ4n) is 1.23. The molecule has 0 aliphatic rings. The van der Waals surface area contributed by atoms with Crippen LogP contribution in [0.1, 0.15) is 38.5 Å². The van der Waals surface area contributed by atoms with Crippen molar-refractivity contribution >= 4 is 43.8 Å². The number of carboxylic acid groups (broad SMARTS) is 2. The molecule has 0 saturated carbocycles. The minimum absolute atomic E-state index is 0.146. The van der Waals surface area contributed by atoms with Crippen molar-refractivity contribution < 1.29 is 30.0 Å². The van der Waals surface area contributed by atoms with Gasteiger partial charge in [0.2, 0.25) is 0 Å². The molecule has 0 aromatic rings. The van der Waals surface area contributed by atoms with Crippen LogP contribution in [-0.2, 0) is 9.59 Å². The van der Waals surface area contributed by atoms with Crippen molar-refractivity contribution in [3.05, 3.63) is 0 Å². The maximum Gasteiger partial charge on any atom is 0.305 e. The van der Waals surface area contributed by atoms with Gasteiger partial charge in [0.1, 0.15) is 0 Å². The zero-order chi connectivity index (χ0) is 16.0. The van der Waals surface area contributed by atoms with Crippen molar-refractivity contribution in [2.45, 2.75) is 50.7 Å². The molecule has 0 fully saturated rings. The summed E-state index contributed by atoms with van der Waals surface area (Å²) < 4.78 is 0. The van der Waals surface area contributed by atoms with E-state index >= 15 is 0 Å². The molecule has 0 aliphatic carbocycles. The second kappa shape index (κ2) is 15.2. The molecule has 6 nitrogen and oxygen atoms in total. The number of alkyl halides is 2. The molecule has 20 heavy (non-hydrogen) atoms. The van der Waals surface area contributed by atoms with Crippen LogP contribution in [0.2, 0.25) is 0 Å². The first-order chi connectivity index (χ1) is 9.33. The molecule has 0 bridgehead atoms. The number of aliphatic hydroxyl groups is 2. The van der Waals surface area contributed by atoms with E-state index in [9.17, 15) is 9.59 Å². The summed E-state index contributed by atoms with van der Waals surface area (Å²) in [5.41, 5.74) is 0. The Bertz CT molecular complexity index is 236. The van der Waals surface area contributed by atoms with Gasteiger partial charge in [0.25, 0.3) is 0 Å². The second-order valence-corrected chi connectivity index (χ2v) is 5.75. The fourth-order valence-corrected chi connectivity index (χ4v) is 1.88. The van der Waals surface area contributed by atoms with Crippen LogP contribution in [0.4, 0.5) is 0 Å². The Morgan fingerprint density at radius 1 is 0.800 bits per heavy atom. The van der Waals surface area contributed by atoms with Crippen molar-refractivity contribution in [3.63, 3.8) is 0 Å². The van der Waals surface area contributed by atoms with Crippen molar-refractivity contribution in [3.8, 4) is 0 Å². The number of hydrogen-bond acceptors (Lipinski definition) is 4. The number of aliphatic hydroxyl groups excluding tert-OH is 2. The van der Waals surface area contributed by atoms with E-state index in [4.69, 9.17) is 20.4 Å². The fraction of sp³-hybridized carbons (Fsp3) is 0.833. The van der Waals surface area contributed by atoms with Gasteiger partial charge in [0.05, 0.1) is 25.0 Å². The van der Waals surface area contributed by atoms with E-state index in [0.29, 0.717) is 12.8 Å². The normalized spacial score (nSPS) is 13.0. The Balaban J connectivity index is 0. The van der Waals surface area contributed by atoms with Crippen molar-refractivity contribution in [2.24, 2.45) is 0 Å². The van der Waals surface area contributed by atoms with Crippen LogP contribution in [0.5, 0.6) is 0 Å². The van der Waals surface area contributed by atoms with E-state index in [2.05, 4.69) is 31.9 Å². The van der Waals surface area contributed by atoms with Gasteiger partial charge < -0.3 is 20.4 Å². The third kappa shape index (κ3) is 20.1. The molecule has 0 radical (unpaired) electrons. The summed E-state index contributed by atoms with van der Waals surface area (Å²) in [7, 11) is 0. The predicted octanol–water partition coefficient (Wildman–Crippen LogP) is 1.99. The number of rotatable bonds is 10. The van der Waals surface area contributed by atoms with Crippen molar-refractivity contribution in [2.75, 3.05) is 10.7 Å². The molecule has 120 valence electrons. The van der Waals surface area contributed by atoms with Crippen LogP contribution in [0.25, 0.3) is 0 Å². The summed E-state index contributed by atoms with van der Waals surface area (Å²) in [6, 6.07) is 0. The van der Waals surface area contributed by atoms with Crippen LogP contribution in [0.3, 0.4) is 0 Å². The van der Waals surface area contributed by atoms with Gasteiger partial charge in [-0.05, 0) is 25.7 Å². The predicted molar refractivity (Wildman–Crippen MR) is 82.6 cm³/mol. The molecular formula is C12H22Br2O6. The van der Waals surface area contributed by atoms with E-state index in [1.165, 1.54) is 0 Å². The summed E-state index contributed by atoms with van der Waals surface area (Å²) >= 11 is 6.37. The molecule has 8 heteroatoms.